The van der Waals surface area contributed by atoms with Crippen LogP contribution >= 0.6 is 0 Å². The average Bonchev–Trinajstić information content (AvgIpc) is 2.59. The van der Waals surface area contributed by atoms with E-state index in [1.807, 2.05) is 30.3 Å². The first-order valence-electron chi connectivity index (χ1n) is 7.66. The van der Waals surface area contributed by atoms with Crippen molar-refractivity contribution in [2.45, 2.75) is 20.1 Å². The first-order chi connectivity index (χ1) is 10.8. The molecule has 4 heteroatoms. The molecule has 2 aromatic rings. The standard InChI is InChI=1S/C18H21NO3/c1-2-19-12-14-3-6-16(7-4-14)22-13-15-5-8-17-18(11-15)21-10-9-20-17/h3-8,11,19H,2,9-10,12-13H2,1H3. The zero-order chi connectivity index (χ0) is 15.2. The third-order valence-corrected chi connectivity index (χ3v) is 3.51. The summed E-state index contributed by atoms with van der Waals surface area (Å²) in [6, 6.07) is 14.1. The molecule has 0 fully saturated rings. The number of hydrogen-bond acceptors (Lipinski definition) is 4. The van der Waals surface area contributed by atoms with Gasteiger partial charge in [0.1, 0.15) is 25.6 Å². The highest BCUT2D eigenvalue weighted by atomic mass is 16.6. The Morgan fingerprint density at radius 1 is 0.955 bits per heavy atom. The van der Waals surface area contributed by atoms with Gasteiger partial charge in [-0.2, -0.15) is 0 Å². The average molecular weight is 299 g/mol. The molecule has 0 aliphatic carbocycles. The van der Waals surface area contributed by atoms with E-state index in [1.54, 1.807) is 0 Å². The number of fused-ring (bicyclic) bond motifs is 1. The van der Waals surface area contributed by atoms with Crippen molar-refractivity contribution in [2.75, 3.05) is 19.8 Å². The summed E-state index contributed by atoms with van der Waals surface area (Å²) in [5.41, 5.74) is 2.33. The van der Waals surface area contributed by atoms with E-state index in [2.05, 4.69) is 24.4 Å². The minimum Gasteiger partial charge on any atom is -0.489 e. The van der Waals surface area contributed by atoms with Crippen molar-refractivity contribution >= 4 is 0 Å². The lowest BCUT2D eigenvalue weighted by Crippen LogP contribution is -2.15. The van der Waals surface area contributed by atoms with Gasteiger partial charge in [-0.1, -0.05) is 25.1 Å². The minimum absolute atomic E-state index is 0.517. The predicted octanol–water partition coefficient (Wildman–Crippen LogP) is 3.15. The Morgan fingerprint density at radius 2 is 1.68 bits per heavy atom. The van der Waals surface area contributed by atoms with Crippen LogP contribution in [0, 0.1) is 0 Å². The highest BCUT2D eigenvalue weighted by Crippen LogP contribution is 2.31. The highest BCUT2D eigenvalue weighted by Gasteiger charge is 2.11. The summed E-state index contributed by atoms with van der Waals surface area (Å²) in [4.78, 5) is 0. The molecule has 4 nitrogen and oxygen atoms in total. The predicted molar refractivity (Wildman–Crippen MR) is 85.6 cm³/mol. The number of nitrogens with one attached hydrogen (secondary N) is 1. The van der Waals surface area contributed by atoms with Gasteiger partial charge >= 0.3 is 0 Å². The Labute approximate surface area is 131 Å². The summed E-state index contributed by atoms with van der Waals surface area (Å²) < 4.78 is 16.9. The Balaban J connectivity index is 1.58. The normalized spacial score (nSPS) is 13.0. The maximum absolute atomic E-state index is 5.83. The lowest BCUT2D eigenvalue weighted by Gasteiger charge is -2.19. The summed E-state index contributed by atoms with van der Waals surface area (Å²) in [5, 5.41) is 3.30. The van der Waals surface area contributed by atoms with E-state index < -0.39 is 0 Å². The SMILES string of the molecule is CCNCc1ccc(OCc2ccc3c(c2)OCCO3)cc1. The molecule has 116 valence electrons. The van der Waals surface area contributed by atoms with E-state index in [4.69, 9.17) is 14.2 Å². The Bertz CT molecular complexity index is 610. The molecule has 0 radical (unpaired) electrons. The lowest BCUT2D eigenvalue weighted by molar-refractivity contribution is 0.171. The number of benzene rings is 2. The molecule has 1 heterocycles. The second-order valence-corrected chi connectivity index (χ2v) is 5.19. The fourth-order valence-electron chi connectivity index (χ4n) is 2.32. The monoisotopic (exact) mass is 299 g/mol. The van der Waals surface area contributed by atoms with Gasteiger partial charge in [0.25, 0.3) is 0 Å². The Kier molecular flexibility index (Phi) is 4.81. The summed E-state index contributed by atoms with van der Waals surface area (Å²) in [5.74, 6) is 2.48. The maximum atomic E-state index is 5.83. The Hall–Kier alpha value is -2.20. The molecule has 0 unspecified atom stereocenters. The van der Waals surface area contributed by atoms with E-state index in [9.17, 15) is 0 Å². The summed E-state index contributed by atoms with van der Waals surface area (Å²) in [6.45, 7) is 5.70. The number of rotatable bonds is 6. The molecule has 0 atom stereocenters. The summed E-state index contributed by atoms with van der Waals surface area (Å²) >= 11 is 0. The molecule has 0 saturated carbocycles. The second kappa shape index (κ2) is 7.18. The zero-order valence-corrected chi connectivity index (χ0v) is 12.8. The van der Waals surface area contributed by atoms with Crippen LogP contribution in [0.3, 0.4) is 0 Å². The molecule has 0 bridgehead atoms. The third-order valence-electron chi connectivity index (χ3n) is 3.51. The van der Waals surface area contributed by atoms with Crippen LogP contribution in [-0.4, -0.2) is 19.8 Å². The third kappa shape index (κ3) is 3.71. The van der Waals surface area contributed by atoms with Gasteiger partial charge in [0.2, 0.25) is 0 Å². The molecule has 0 spiro atoms. The van der Waals surface area contributed by atoms with Crippen LogP contribution in [0.15, 0.2) is 42.5 Å². The Morgan fingerprint density at radius 3 is 2.45 bits per heavy atom. The first-order valence-corrected chi connectivity index (χ1v) is 7.66. The van der Waals surface area contributed by atoms with Gasteiger partial charge in [-0.15, -0.1) is 0 Å². The number of hydrogen-bond donors (Lipinski definition) is 1. The van der Waals surface area contributed by atoms with E-state index in [0.717, 1.165) is 35.9 Å². The topological polar surface area (TPSA) is 39.7 Å². The molecule has 1 aliphatic heterocycles. The van der Waals surface area contributed by atoms with E-state index in [-0.39, 0.29) is 0 Å². The van der Waals surface area contributed by atoms with Crippen molar-refractivity contribution in [1.82, 2.24) is 5.32 Å². The largest absolute Gasteiger partial charge is 0.489 e. The fraction of sp³-hybridized carbons (Fsp3) is 0.333. The van der Waals surface area contributed by atoms with Gasteiger partial charge in [-0.05, 0) is 41.9 Å². The van der Waals surface area contributed by atoms with Crippen LogP contribution in [0.1, 0.15) is 18.1 Å². The van der Waals surface area contributed by atoms with Gasteiger partial charge in [-0.25, -0.2) is 0 Å². The molecule has 0 amide bonds. The van der Waals surface area contributed by atoms with E-state index in [1.165, 1.54) is 5.56 Å². The van der Waals surface area contributed by atoms with Crippen molar-refractivity contribution in [1.29, 1.82) is 0 Å². The van der Waals surface area contributed by atoms with Gasteiger partial charge in [0.05, 0.1) is 0 Å². The van der Waals surface area contributed by atoms with Crippen LogP contribution in [0.2, 0.25) is 0 Å². The van der Waals surface area contributed by atoms with Gasteiger partial charge in [-0.3, -0.25) is 0 Å². The molecule has 0 aromatic heterocycles. The first kappa shape index (κ1) is 14.7. The molecule has 3 rings (SSSR count). The molecule has 0 saturated heterocycles. The molecule has 1 N–H and O–H groups in total. The van der Waals surface area contributed by atoms with E-state index in [0.29, 0.717) is 19.8 Å². The summed E-state index contributed by atoms with van der Waals surface area (Å²) in [6.07, 6.45) is 0. The molecular formula is C18H21NO3. The van der Waals surface area contributed by atoms with Crippen LogP contribution in [0.5, 0.6) is 17.2 Å². The smallest absolute Gasteiger partial charge is 0.161 e. The lowest BCUT2D eigenvalue weighted by atomic mass is 10.2. The van der Waals surface area contributed by atoms with Crippen molar-refractivity contribution in [3.05, 3.63) is 53.6 Å². The minimum atomic E-state index is 0.517. The van der Waals surface area contributed by atoms with Crippen molar-refractivity contribution in [3.63, 3.8) is 0 Å². The highest BCUT2D eigenvalue weighted by molar-refractivity contribution is 5.43. The van der Waals surface area contributed by atoms with Crippen molar-refractivity contribution in [2.24, 2.45) is 0 Å². The second-order valence-electron chi connectivity index (χ2n) is 5.19. The van der Waals surface area contributed by atoms with Crippen LogP contribution in [0.25, 0.3) is 0 Å². The van der Waals surface area contributed by atoms with Crippen molar-refractivity contribution in [3.8, 4) is 17.2 Å². The van der Waals surface area contributed by atoms with E-state index >= 15 is 0 Å². The van der Waals surface area contributed by atoms with Gasteiger partial charge in [0, 0.05) is 6.54 Å². The van der Waals surface area contributed by atoms with Crippen LogP contribution in [0.4, 0.5) is 0 Å². The van der Waals surface area contributed by atoms with Gasteiger partial charge in [0.15, 0.2) is 11.5 Å². The fourth-order valence-corrected chi connectivity index (χ4v) is 2.32. The zero-order valence-electron chi connectivity index (χ0n) is 12.8. The van der Waals surface area contributed by atoms with Crippen LogP contribution < -0.4 is 19.5 Å². The molecule has 22 heavy (non-hydrogen) atoms. The number of ether oxygens (including phenoxy) is 3. The van der Waals surface area contributed by atoms with Crippen molar-refractivity contribution < 1.29 is 14.2 Å². The van der Waals surface area contributed by atoms with Crippen LogP contribution in [-0.2, 0) is 13.2 Å². The molecule has 1 aliphatic rings. The molecular weight excluding hydrogens is 278 g/mol. The molecule has 2 aromatic carbocycles. The summed E-state index contributed by atoms with van der Waals surface area (Å²) in [7, 11) is 0. The van der Waals surface area contributed by atoms with Gasteiger partial charge < -0.3 is 19.5 Å². The quantitative estimate of drug-likeness (QED) is 0.889. The maximum Gasteiger partial charge on any atom is 0.161 e.